The first-order valence-corrected chi connectivity index (χ1v) is 10.3. The van der Waals surface area contributed by atoms with Crippen LogP contribution in [0.4, 0.5) is 11.4 Å². The zero-order valence-corrected chi connectivity index (χ0v) is 17.5. The molecule has 1 atom stereocenters. The molecule has 0 spiro atoms. The summed E-state index contributed by atoms with van der Waals surface area (Å²) >= 11 is 0. The number of hydrogen-bond acceptors (Lipinski definition) is 4. The van der Waals surface area contributed by atoms with Crippen molar-refractivity contribution < 1.29 is 9.59 Å². The third-order valence-corrected chi connectivity index (χ3v) is 5.48. The number of amides is 2. The molecule has 0 saturated heterocycles. The average molecular weight is 416 g/mol. The van der Waals surface area contributed by atoms with Gasteiger partial charge in [0.25, 0.3) is 11.5 Å². The number of benzene rings is 2. The molecule has 1 aromatic heterocycles. The van der Waals surface area contributed by atoms with E-state index in [1.807, 2.05) is 62.4 Å². The molecule has 2 amide bonds. The molecule has 0 unspecified atom stereocenters. The van der Waals surface area contributed by atoms with Crippen LogP contribution in [0.5, 0.6) is 0 Å². The summed E-state index contributed by atoms with van der Waals surface area (Å²) in [6.45, 7) is 3.71. The molecular weight excluding hydrogens is 392 g/mol. The molecule has 0 saturated carbocycles. The molecule has 0 fully saturated rings. The second-order valence-electron chi connectivity index (χ2n) is 7.63. The average Bonchev–Trinajstić information content (AvgIpc) is 3.10. The number of fused-ring (bicyclic) bond motifs is 1. The Labute approximate surface area is 180 Å². The normalized spacial score (nSPS) is 14.9. The van der Waals surface area contributed by atoms with E-state index in [0.717, 1.165) is 34.3 Å². The second-order valence-corrected chi connectivity index (χ2v) is 7.63. The second kappa shape index (κ2) is 8.55. The Balaban J connectivity index is 1.56. The van der Waals surface area contributed by atoms with Crippen molar-refractivity contribution in [2.75, 3.05) is 10.2 Å². The van der Waals surface area contributed by atoms with Crippen LogP contribution >= 0.6 is 0 Å². The fourth-order valence-corrected chi connectivity index (χ4v) is 3.95. The van der Waals surface area contributed by atoms with Crippen LogP contribution in [-0.2, 0) is 24.2 Å². The Hall–Kier alpha value is -3.74. The van der Waals surface area contributed by atoms with E-state index in [1.54, 1.807) is 4.90 Å². The maximum absolute atomic E-state index is 13.2. The van der Waals surface area contributed by atoms with E-state index >= 15 is 0 Å². The quantitative estimate of drug-likeness (QED) is 0.693. The van der Waals surface area contributed by atoms with Crippen LogP contribution in [0.1, 0.15) is 35.5 Å². The lowest BCUT2D eigenvalue weighted by molar-refractivity contribution is -0.117. The maximum Gasteiger partial charge on any atom is 0.278 e. The van der Waals surface area contributed by atoms with Crippen molar-refractivity contribution in [3.8, 4) is 0 Å². The summed E-state index contributed by atoms with van der Waals surface area (Å²) in [5.74, 6) is -0.664. The SMILES string of the molecule is CCc1ccccc1NC(=O)Cn1nc(C(=O)N2c3ccccc3C[C@H]2C)ccc1=O. The number of rotatable bonds is 5. The van der Waals surface area contributed by atoms with Crippen LogP contribution < -0.4 is 15.8 Å². The van der Waals surface area contributed by atoms with Crippen molar-refractivity contribution >= 4 is 23.2 Å². The van der Waals surface area contributed by atoms with Gasteiger partial charge in [0.05, 0.1) is 0 Å². The molecule has 7 nitrogen and oxygen atoms in total. The molecule has 31 heavy (non-hydrogen) atoms. The molecule has 7 heteroatoms. The third-order valence-electron chi connectivity index (χ3n) is 5.48. The number of nitrogens with zero attached hydrogens (tertiary/aromatic N) is 3. The van der Waals surface area contributed by atoms with E-state index < -0.39 is 5.56 Å². The monoisotopic (exact) mass is 416 g/mol. The summed E-state index contributed by atoms with van der Waals surface area (Å²) in [6, 6.07) is 17.9. The van der Waals surface area contributed by atoms with Crippen LogP contribution in [0, 0.1) is 0 Å². The molecule has 4 rings (SSSR count). The molecule has 3 aromatic rings. The standard InChI is InChI=1S/C24H24N4O3/c1-3-17-8-4-6-10-19(17)25-22(29)15-27-23(30)13-12-20(26-27)24(31)28-16(2)14-18-9-5-7-11-21(18)28/h4-13,16H,3,14-15H2,1-2H3,(H,25,29)/t16-/m1/s1. The number of hydrogen-bond donors (Lipinski definition) is 1. The van der Waals surface area contributed by atoms with Crippen LogP contribution in [0.25, 0.3) is 0 Å². The fourth-order valence-electron chi connectivity index (χ4n) is 3.95. The zero-order chi connectivity index (χ0) is 22.0. The Morgan fingerprint density at radius 3 is 2.61 bits per heavy atom. The van der Waals surface area contributed by atoms with E-state index in [1.165, 1.54) is 12.1 Å². The summed E-state index contributed by atoms with van der Waals surface area (Å²) in [4.78, 5) is 39.7. The van der Waals surface area contributed by atoms with Crippen LogP contribution in [0.3, 0.4) is 0 Å². The molecule has 1 aliphatic rings. The summed E-state index contributed by atoms with van der Waals surface area (Å²) in [7, 11) is 0. The van der Waals surface area contributed by atoms with E-state index in [4.69, 9.17) is 0 Å². The highest BCUT2D eigenvalue weighted by molar-refractivity contribution is 6.06. The van der Waals surface area contributed by atoms with Crippen LogP contribution in [0.15, 0.2) is 65.5 Å². The van der Waals surface area contributed by atoms with Gasteiger partial charge in [0.1, 0.15) is 12.2 Å². The molecule has 0 bridgehead atoms. The Bertz CT molecular complexity index is 1200. The largest absolute Gasteiger partial charge is 0.324 e. The highest BCUT2D eigenvalue weighted by atomic mass is 16.2. The van der Waals surface area contributed by atoms with Crippen molar-refractivity contribution in [3.05, 3.63) is 87.8 Å². The van der Waals surface area contributed by atoms with Gasteiger partial charge in [0, 0.05) is 23.5 Å². The van der Waals surface area contributed by atoms with Crippen molar-refractivity contribution in [3.63, 3.8) is 0 Å². The predicted molar refractivity (Wildman–Crippen MR) is 119 cm³/mol. The van der Waals surface area contributed by atoms with Crippen LogP contribution in [-0.4, -0.2) is 27.6 Å². The first kappa shape index (κ1) is 20.5. The summed E-state index contributed by atoms with van der Waals surface area (Å²) in [5, 5.41) is 7.03. The van der Waals surface area contributed by atoms with Gasteiger partial charge in [-0.2, -0.15) is 5.10 Å². The summed E-state index contributed by atoms with van der Waals surface area (Å²) in [5.41, 5.74) is 3.36. The van der Waals surface area contributed by atoms with Gasteiger partial charge in [0.15, 0.2) is 0 Å². The van der Waals surface area contributed by atoms with Crippen molar-refractivity contribution in [1.82, 2.24) is 9.78 Å². The number of aryl methyl sites for hydroxylation is 1. The van der Waals surface area contributed by atoms with E-state index in [9.17, 15) is 14.4 Å². The van der Waals surface area contributed by atoms with Gasteiger partial charge in [-0.1, -0.05) is 43.3 Å². The van der Waals surface area contributed by atoms with Crippen molar-refractivity contribution in [1.29, 1.82) is 0 Å². The number of anilines is 2. The van der Waals surface area contributed by atoms with Gasteiger partial charge < -0.3 is 10.2 Å². The molecule has 1 aliphatic heterocycles. The highest BCUT2D eigenvalue weighted by Crippen LogP contribution is 2.32. The minimum atomic E-state index is -0.439. The van der Waals surface area contributed by atoms with Gasteiger partial charge in [-0.3, -0.25) is 14.4 Å². The molecule has 1 N–H and O–H groups in total. The van der Waals surface area contributed by atoms with Gasteiger partial charge >= 0.3 is 0 Å². The van der Waals surface area contributed by atoms with Gasteiger partial charge in [-0.15, -0.1) is 0 Å². The lowest BCUT2D eigenvalue weighted by atomic mass is 10.1. The molecule has 2 heterocycles. The summed E-state index contributed by atoms with van der Waals surface area (Å²) in [6.07, 6.45) is 1.54. The Kier molecular flexibility index (Phi) is 5.66. The number of para-hydroxylation sites is 2. The Morgan fingerprint density at radius 1 is 1.06 bits per heavy atom. The van der Waals surface area contributed by atoms with Crippen molar-refractivity contribution in [2.24, 2.45) is 0 Å². The van der Waals surface area contributed by atoms with E-state index in [0.29, 0.717) is 5.69 Å². The predicted octanol–water partition coefficient (Wildman–Crippen LogP) is 3.04. The topological polar surface area (TPSA) is 84.3 Å². The van der Waals surface area contributed by atoms with Gasteiger partial charge in [0.2, 0.25) is 5.91 Å². The molecule has 0 radical (unpaired) electrons. The minimum Gasteiger partial charge on any atom is -0.324 e. The fraction of sp³-hybridized carbons (Fsp3) is 0.250. The molecule has 2 aromatic carbocycles. The highest BCUT2D eigenvalue weighted by Gasteiger charge is 2.32. The number of nitrogens with one attached hydrogen (secondary N) is 1. The van der Waals surface area contributed by atoms with E-state index in [2.05, 4.69) is 10.4 Å². The number of carbonyl (C=O) groups excluding carboxylic acids is 2. The van der Waals surface area contributed by atoms with E-state index in [-0.39, 0.29) is 30.1 Å². The zero-order valence-electron chi connectivity index (χ0n) is 17.5. The van der Waals surface area contributed by atoms with Gasteiger partial charge in [-0.25, -0.2) is 4.68 Å². The first-order chi connectivity index (χ1) is 15.0. The van der Waals surface area contributed by atoms with Crippen molar-refractivity contribution in [2.45, 2.75) is 39.3 Å². The first-order valence-electron chi connectivity index (χ1n) is 10.3. The number of carbonyl (C=O) groups is 2. The third kappa shape index (κ3) is 4.12. The lowest BCUT2D eigenvalue weighted by Gasteiger charge is -2.22. The van der Waals surface area contributed by atoms with Crippen LogP contribution in [0.2, 0.25) is 0 Å². The lowest BCUT2D eigenvalue weighted by Crippen LogP contribution is -2.38. The Morgan fingerprint density at radius 2 is 1.81 bits per heavy atom. The summed E-state index contributed by atoms with van der Waals surface area (Å²) < 4.78 is 1.03. The smallest absolute Gasteiger partial charge is 0.278 e. The maximum atomic E-state index is 13.2. The number of aromatic nitrogens is 2. The minimum absolute atomic E-state index is 0.0130. The molecule has 0 aliphatic carbocycles. The molecular formula is C24H24N4O3. The molecule has 158 valence electrons. The van der Waals surface area contributed by atoms with Gasteiger partial charge in [-0.05, 0) is 49.1 Å².